The molecule has 25 heavy (non-hydrogen) atoms. The van der Waals surface area contributed by atoms with Gasteiger partial charge < -0.3 is 15.4 Å². The van der Waals surface area contributed by atoms with Crippen molar-refractivity contribution in [2.24, 2.45) is 0 Å². The molecule has 0 spiro atoms. The zero-order valence-corrected chi connectivity index (χ0v) is 14.8. The highest BCUT2D eigenvalue weighted by atomic mass is 35.5. The summed E-state index contributed by atoms with van der Waals surface area (Å²) in [5.74, 6) is 0.612. The van der Waals surface area contributed by atoms with E-state index >= 15 is 0 Å². The highest BCUT2D eigenvalue weighted by Crippen LogP contribution is 2.34. The first kappa shape index (κ1) is 16.9. The summed E-state index contributed by atoms with van der Waals surface area (Å²) in [5.41, 5.74) is 1.10. The molecular formula is C16H22ClFN6O. The molecule has 1 aliphatic heterocycles. The van der Waals surface area contributed by atoms with Crippen LogP contribution in [-0.4, -0.2) is 51.4 Å². The minimum Gasteiger partial charge on any atom is -0.365 e. The first-order chi connectivity index (χ1) is 12.2. The summed E-state index contributed by atoms with van der Waals surface area (Å²) < 4.78 is 22.0. The standard InChI is InChI=1S/C16H22ClFN6O/c1-19-7-10-6-11(18)15(25-10)24-8-20-12-13(21-9-4-2-3-5-9)22-16(17)23-14(12)24/h8-11,15,19H,2-7H2,1H3,(H,21,22,23). The molecule has 2 aromatic rings. The molecule has 0 aromatic carbocycles. The topological polar surface area (TPSA) is 76.9 Å². The predicted molar refractivity (Wildman–Crippen MR) is 93.6 cm³/mol. The predicted octanol–water partition coefficient (Wildman–Crippen LogP) is 2.68. The summed E-state index contributed by atoms with van der Waals surface area (Å²) in [4.78, 5) is 13.0. The van der Waals surface area contributed by atoms with Crippen LogP contribution in [-0.2, 0) is 4.74 Å². The molecular weight excluding hydrogens is 347 g/mol. The maximum atomic E-state index is 14.5. The summed E-state index contributed by atoms with van der Waals surface area (Å²) >= 11 is 6.11. The van der Waals surface area contributed by atoms with Gasteiger partial charge in [-0.05, 0) is 31.5 Å². The second-order valence-electron chi connectivity index (χ2n) is 6.75. The third kappa shape index (κ3) is 3.30. The van der Waals surface area contributed by atoms with Crippen LogP contribution in [0.3, 0.4) is 0 Å². The third-order valence-electron chi connectivity index (χ3n) is 4.93. The fourth-order valence-electron chi connectivity index (χ4n) is 3.74. The van der Waals surface area contributed by atoms with E-state index in [0.29, 0.717) is 36.0 Å². The Bertz CT molecular complexity index is 750. The molecule has 0 bridgehead atoms. The number of likely N-dealkylation sites (N-methyl/N-ethyl adjacent to an activating group) is 1. The van der Waals surface area contributed by atoms with Crippen LogP contribution in [0.1, 0.15) is 38.3 Å². The molecule has 136 valence electrons. The van der Waals surface area contributed by atoms with Gasteiger partial charge in [0.2, 0.25) is 5.28 Å². The summed E-state index contributed by atoms with van der Waals surface area (Å²) in [7, 11) is 1.82. The molecule has 9 heteroatoms. The third-order valence-corrected chi connectivity index (χ3v) is 5.09. The lowest BCUT2D eigenvalue weighted by atomic mass is 10.2. The molecule has 2 N–H and O–H groups in total. The average Bonchev–Trinajstić information content (AvgIpc) is 3.28. The molecule has 3 atom stereocenters. The van der Waals surface area contributed by atoms with E-state index < -0.39 is 12.4 Å². The fourth-order valence-corrected chi connectivity index (χ4v) is 3.91. The van der Waals surface area contributed by atoms with Crippen molar-refractivity contribution >= 4 is 28.6 Å². The van der Waals surface area contributed by atoms with Gasteiger partial charge in [-0.3, -0.25) is 4.57 Å². The van der Waals surface area contributed by atoms with E-state index in [2.05, 4.69) is 25.6 Å². The molecule has 0 amide bonds. The Morgan fingerprint density at radius 1 is 1.36 bits per heavy atom. The van der Waals surface area contributed by atoms with E-state index in [4.69, 9.17) is 16.3 Å². The van der Waals surface area contributed by atoms with Crippen molar-refractivity contribution in [1.82, 2.24) is 24.8 Å². The molecule has 0 radical (unpaired) electrons. The number of halogens is 2. The molecule has 1 aliphatic carbocycles. The second-order valence-corrected chi connectivity index (χ2v) is 7.09. The number of imidazole rings is 1. The van der Waals surface area contributed by atoms with Crippen LogP contribution < -0.4 is 10.6 Å². The van der Waals surface area contributed by atoms with E-state index in [0.717, 1.165) is 12.8 Å². The maximum absolute atomic E-state index is 14.5. The van der Waals surface area contributed by atoms with Crippen LogP contribution in [0.2, 0.25) is 5.28 Å². The maximum Gasteiger partial charge on any atom is 0.226 e. The number of nitrogens with one attached hydrogen (secondary N) is 2. The Hall–Kier alpha value is -1.51. The van der Waals surface area contributed by atoms with E-state index in [9.17, 15) is 4.39 Å². The zero-order valence-electron chi connectivity index (χ0n) is 14.1. The monoisotopic (exact) mass is 368 g/mol. The molecule has 2 fully saturated rings. The Labute approximate surface area is 150 Å². The lowest BCUT2D eigenvalue weighted by Gasteiger charge is -2.17. The molecule has 2 aromatic heterocycles. The molecule has 3 heterocycles. The molecule has 3 unspecified atom stereocenters. The molecule has 4 rings (SSSR count). The van der Waals surface area contributed by atoms with Crippen molar-refractivity contribution in [3.63, 3.8) is 0 Å². The quantitative estimate of drug-likeness (QED) is 0.790. The van der Waals surface area contributed by atoms with Crippen molar-refractivity contribution in [2.75, 3.05) is 18.9 Å². The molecule has 1 saturated carbocycles. The number of ether oxygens (including phenoxy) is 1. The van der Waals surface area contributed by atoms with Gasteiger partial charge in [-0.2, -0.15) is 9.97 Å². The van der Waals surface area contributed by atoms with E-state index in [1.54, 1.807) is 10.9 Å². The lowest BCUT2D eigenvalue weighted by molar-refractivity contribution is -0.0149. The number of rotatable bonds is 5. The van der Waals surface area contributed by atoms with Gasteiger partial charge in [0, 0.05) is 19.0 Å². The molecule has 1 saturated heterocycles. The van der Waals surface area contributed by atoms with Crippen LogP contribution in [0.4, 0.5) is 10.2 Å². The van der Waals surface area contributed by atoms with Crippen molar-refractivity contribution < 1.29 is 9.13 Å². The first-order valence-electron chi connectivity index (χ1n) is 8.76. The number of fused-ring (bicyclic) bond motifs is 1. The highest BCUT2D eigenvalue weighted by Gasteiger charge is 2.37. The van der Waals surface area contributed by atoms with Gasteiger partial charge in [0.25, 0.3) is 0 Å². The second kappa shape index (κ2) is 7.01. The van der Waals surface area contributed by atoms with Gasteiger partial charge in [0.15, 0.2) is 23.2 Å². The van der Waals surface area contributed by atoms with Gasteiger partial charge >= 0.3 is 0 Å². The summed E-state index contributed by atoms with van der Waals surface area (Å²) in [6.07, 6.45) is 4.51. The number of aromatic nitrogens is 4. The SMILES string of the molecule is CNCC1CC(F)C(n2cnc3c(NC4CCCC4)nc(Cl)nc32)O1. The van der Waals surface area contributed by atoms with E-state index in [1.165, 1.54) is 12.8 Å². The normalized spacial score (nSPS) is 27.4. The fraction of sp³-hybridized carbons (Fsp3) is 0.688. The number of alkyl halides is 1. The van der Waals surface area contributed by atoms with Crippen LogP contribution in [0.15, 0.2) is 6.33 Å². The smallest absolute Gasteiger partial charge is 0.226 e. The number of hydrogen-bond acceptors (Lipinski definition) is 6. The number of hydrogen-bond donors (Lipinski definition) is 2. The van der Waals surface area contributed by atoms with Gasteiger partial charge in [-0.1, -0.05) is 12.8 Å². The van der Waals surface area contributed by atoms with Crippen LogP contribution in [0.25, 0.3) is 11.2 Å². The van der Waals surface area contributed by atoms with Gasteiger partial charge in [-0.25, -0.2) is 9.37 Å². The number of anilines is 1. The van der Waals surface area contributed by atoms with Crippen LogP contribution in [0, 0.1) is 0 Å². The minimum absolute atomic E-state index is 0.120. The molecule has 7 nitrogen and oxygen atoms in total. The minimum atomic E-state index is -1.12. The largest absolute Gasteiger partial charge is 0.365 e. The number of nitrogens with zero attached hydrogens (tertiary/aromatic N) is 4. The Kier molecular flexibility index (Phi) is 4.75. The Morgan fingerprint density at radius 3 is 2.92 bits per heavy atom. The van der Waals surface area contributed by atoms with E-state index in [-0.39, 0.29) is 11.4 Å². The van der Waals surface area contributed by atoms with Crippen molar-refractivity contribution in [3.8, 4) is 0 Å². The highest BCUT2D eigenvalue weighted by molar-refractivity contribution is 6.28. The van der Waals surface area contributed by atoms with Crippen molar-refractivity contribution in [1.29, 1.82) is 0 Å². The van der Waals surface area contributed by atoms with Gasteiger partial charge in [0.05, 0.1) is 12.4 Å². The summed E-state index contributed by atoms with van der Waals surface area (Å²) in [6, 6.07) is 0.371. The van der Waals surface area contributed by atoms with Crippen molar-refractivity contribution in [2.45, 2.75) is 56.6 Å². The first-order valence-corrected chi connectivity index (χ1v) is 9.14. The van der Waals surface area contributed by atoms with Gasteiger partial charge in [0.1, 0.15) is 6.17 Å². The lowest BCUT2D eigenvalue weighted by Crippen LogP contribution is -2.23. The van der Waals surface area contributed by atoms with Crippen LogP contribution >= 0.6 is 11.6 Å². The van der Waals surface area contributed by atoms with Crippen molar-refractivity contribution in [3.05, 3.63) is 11.6 Å². The average molecular weight is 369 g/mol. The Balaban J connectivity index is 1.65. The van der Waals surface area contributed by atoms with Crippen LogP contribution in [0.5, 0.6) is 0 Å². The summed E-state index contributed by atoms with van der Waals surface area (Å²) in [5, 5.41) is 6.55. The molecule has 2 aliphatic rings. The van der Waals surface area contributed by atoms with Gasteiger partial charge in [-0.15, -0.1) is 0 Å². The van der Waals surface area contributed by atoms with E-state index in [1.807, 2.05) is 7.05 Å². The Morgan fingerprint density at radius 2 is 2.16 bits per heavy atom. The zero-order chi connectivity index (χ0) is 17.4. The summed E-state index contributed by atoms with van der Waals surface area (Å²) in [6.45, 7) is 0.605.